The number of carbonyl (C=O) groups excluding carboxylic acids is 3. The van der Waals surface area contributed by atoms with Crippen LogP contribution in [-0.4, -0.2) is 53.9 Å². The average molecular weight is 505 g/mol. The summed E-state index contributed by atoms with van der Waals surface area (Å²) in [7, 11) is 1.55. The highest BCUT2D eigenvalue weighted by Gasteiger charge is 2.42. The summed E-state index contributed by atoms with van der Waals surface area (Å²) in [6.07, 6.45) is -1.11. The van der Waals surface area contributed by atoms with Crippen molar-refractivity contribution in [1.82, 2.24) is 15.1 Å². The summed E-state index contributed by atoms with van der Waals surface area (Å²) in [6.45, 7) is 0.938. The van der Waals surface area contributed by atoms with Crippen LogP contribution < -0.4 is 15.8 Å². The van der Waals surface area contributed by atoms with Crippen LogP contribution in [-0.2, 0) is 29.1 Å². The quantitative estimate of drug-likeness (QED) is 0.491. The molecule has 1 heterocycles. The fourth-order valence-corrected chi connectivity index (χ4v) is 4.35. The predicted molar refractivity (Wildman–Crippen MR) is 136 cm³/mol. The molecular weight excluding hydrogens is 475 g/mol. The second-order valence-electron chi connectivity index (χ2n) is 8.74. The van der Waals surface area contributed by atoms with E-state index in [0.29, 0.717) is 12.3 Å². The van der Waals surface area contributed by atoms with Gasteiger partial charge in [-0.05, 0) is 53.1 Å². The van der Waals surface area contributed by atoms with Gasteiger partial charge in [-0.1, -0.05) is 36.4 Å². The summed E-state index contributed by atoms with van der Waals surface area (Å²) in [5.41, 5.74) is 8.45. The van der Waals surface area contributed by atoms with Gasteiger partial charge in [-0.2, -0.15) is 0 Å². The van der Waals surface area contributed by atoms with Gasteiger partial charge in [0.25, 0.3) is 11.8 Å². The lowest BCUT2D eigenvalue weighted by molar-refractivity contribution is -0.141. The Balaban J connectivity index is 1.56. The lowest BCUT2D eigenvalue weighted by Crippen LogP contribution is -2.54. The monoisotopic (exact) mass is 504 g/mol. The Labute approximate surface area is 214 Å². The van der Waals surface area contributed by atoms with E-state index in [1.807, 2.05) is 24.3 Å². The molecule has 0 bridgehead atoms. The Morgan fingerprint density at radius 3 is 2.35 bits per heavy atom. The zero-order valence-corrected chi connectivity index (χ0v) is 20.5. The van der Waals surface area contributed by atoms with E-state index in [1.165, 1.54) is 34.1 Å². The maximum Gasteiger partial charge on any atom is 0.264 e. The Morgan fingerprint density at radius 1 is 0.946 bits per heavy atom. The van der Waals surface area contributed by atoms with E-state index in [1.54, 1.807) is 31.4 Å². The number of nitrogens with zero attached hydrogens (tertiary/aromatic N) is 2. The molecule has 0 aromatic heterocycles. The minimum absolute atomic E-state index is 0.0398. The first-order valence-corrected chi connectivity index (χ1v) is 11.9. The van der Waals surface area contributed by atoms with Gasteiger partial charge in [-0.3, -0.25) is 14.4 Å². The third-order valence-corrected chi connectivity index (χ3v) is 6.26. The number of rotatable bonds is 8. The number of nitrogens with two attached hydrogens (primary N) is 1. The molecule has 3 amide bonds. The molecule has 9 heteroatoms. The highest BCUT2D eigenvalue weighted by atomic mass is 19.1. The summed E-state index contributed by atoms with van der Waals surface area (Å²) in [6, 6.07) is 19.7. The fraction of sp³-hybridized carbons (Fsp3) is 0.250. The number of benzene rings is 3. The number of hydrogen-bond acceptors (Lipinski definition) is 5. The van der Waals surface area contributed by atoms with Crippen LogP contribution >= 0.6 is 0 Å². The minimum Gasteiger partial charge on any atom is -0.497 e. The van der Waals surface area contributed by atoms with Crippen LogP contribution in [0.25, 0.3) is 0 Å². The molecule has 0 saturated carbocycles. The number of carbonyl (C=O) groups is 3. The molecule has 0 spiro atoms. The van der Waals surface area contributed by atoms with Gasteiger partial charge in [0.15, 0.2) is 6.17 Å². The molecule has 8 nitrogen and oxygen atoms in total. The van der Waals surface area contributed by atoms with Gasteiger partial charge in [-0.25, -0.2) is 4.39 Å². The Bertz CT molecular complexity index is 1280. The third kappa shape index (κ3) is 6.13. The SMILES string of the molecule is COc1cccc(CC(=O)N2CCN(C(=O)c3ccc(F)cc3)C2C(=O)NCc2cccc(CN)c2)c1. The molecule has 1 aliphatic rings. The number of amides is 3. The first-order valence-electron chi connectivity index (χ1n) is 11.9. The van der Waals surface area contributed by atoms with E-state index in [9.17, 15) is 18.8 Å². The van der Waals surface area contributed by atoms with Crippen LogP contribution in [0.15, 0.2) is 72.8 Å². The molecule has 1 saturated heterocycles. The van der Waals surface area contributed by atoms with Crippen LogP contribution in [0, 0.1) is 5.82 Å². The van der Waals surface area contributed by atoms with E-state index in [0.717, 1.165) is 16.7 Å². The largest absolute Gasteiger partial charge is 0.497 e. The molecule has 1 unspecified atom stereocenters. The Morgan fingerprint density at radius 2 is 1.62 bits per heavy atom. The van der Waals surface area contributed by atoms with Gasteiger partial charge >= 0.3 is 0 Å². The maximum absolute atomic E-state index is 13.4. The number of nitrogens with one attached hydrogen (secondary N) is 1. The maximum atomic E-state index is 13.4. The summed E-state index contributed by atoms with van der Waals surface area (Å²) < 4.78 is 18.7. The van der Waals surface area contributed by atoms with Gasteiger partial charge in [0.1, 0.15) is 11.6 Å². The zero-order chi connectivity index (χ0) is 26.4. The predicted octanol–water partition coefficient (Wildman–Crippen LogP) is 2.46. The molecule has 1 aliphatic heterocycles. The van der Waals surface area contributed by atoms with Crippen molar-refractivity contribution < 1.29 is 23.5 Å². The van der Waals surface area contributed by atoms with Gasteiger partial charge in [0.2, 0.25) is 5.91 Å². The van der Waals surface area contributed by atoms with Crippen LogP contribution in [0.2, 0.25) is 0 Å². The second-order valence-corrected chi connectivity index (χ2v) is 8.74. The molecule has 3 aromatic carbocycles. The van der Waals surface area contributed by atoms with Crippen LogP contribution in [0.5, 0.6) is 5.75 Å². The topological polar surface area (TPSA) is 105 Å². The summed E-state index contributed by atoms with van der Waals surface area (Å²) in [5.74, 6) is -1.09. The zero-order valence-electron chi connectivity index (χ0n) is 20.5. The molecular formula is C28H29FN4O4. The summed E-state index contributed by atoms with van der Waals surface area (Å²) >= 11 is 0. The normalized spacial score (nSPS) is 14.9. The molecule has 3 N–H and O–H groups in total. The average Bonchev–Trinajstić information content (AvgIpc) is 3.37. The smallest absolute Gasteiger partial charge is 0.264 e. The van der Waals surface area contributed by atoms with Crippen molar-refractivity contribution in [3.05, 3.63) is 101 Å². The first kappa shape index (κ1) is 25.8. The second kappa shape index (κ2) is 11.7. The number of ether oxygens (including phenoxy) is 1. The van der Waals surface area contributed by atoms with Gasteiger partial charge in [-0.15, -0.1) is 0 Å². The molecule has 37 heavy (non-hydrogen) atoms. The van der Waals surface area contributed by atoms with Gasteiger partial charge < -0.3 is 25.6 Å². The molecule has 1 atom stereocenters. The van der Waals surface area contributed by atoms with Crippen LogP contribution in [0.1, 0.15) is 27.0 Å². The highest BCUT2D eigenvalue weighted by molar-refractivity contribution is 5.99. The van der Waals surface area contributed by atoms with Crippen molar-refractivity contribution in [2.75, 3.05) is 20.2 Å². The first-order chi connectivity index (χ1) is 17.9. The third-order valence-electron chi connectivity index (χ3n) is 6.26. The number of halogens is 1. The van der Waals surface area contributed by atoms with Crippen molar-refractivity contribution in [2.45, 2.75) is 25.7 Å². The van der Waals surface area contributed by atoms with E-state index < -0.39 is 23.8 Å². The molecule has 192 valence electrons. The minimum atomic E-state index is -1.15. The van der Waals surface area contributed by atoms with E-state index in [2.05, 4.69) is 5.32 Å². The van der Waals surface area contributed by atoms with E-state index >= 15 is 0 Å². The molecule has 3 aromatic rings. The summed E-state index contributed by atoms with van der Waals surface area (Å²) in [5, 5.41) is 2.86. The van der Waals surface area contributed by atoms with Gasteiger partial charge in [0.05, 0.1) is 13.5 Å². The summed E-state index contributed by atoms with van der Waals surface area (Å²) in [4.78, 5) is 42.8. The Kier molecular flexibility index (Phi) is 8.15. The number of hydrogen-bond donors (Lipinski definition) is 2. The lowest BCUT2D eigenvalue weighted by Gasteiger charge is -2.29. The number of methoxy groups -OCH3 is 1. The van der Waals surface area contributed by atoms with Crippen molar-refractivity contribution in [1.29, 1.82) is 0 Å². The fourth-order valence-electron chi connectivity index (χ4n) is 4.35. The van der Waals surface area contributed by atoms with E-state index in [-0.39, 0.29) is 37.5 Å². The van der Waals surface area contributed by atoms with Crippen LogP contribution in [0.4, 0.5) is 4.39 Å². The van der Waals surface area contributed by atoms with Crippen molar-refractivity contribution in [3.63, 3.8) is 0 Å². The van der Waals surface area contributed by atoms with Crippen molar-refractivity contribution >= 4 is 17.7 Å². The molecule has 0 radical (unpaired) electrons. The van der Waals surface area contributed by atoms with Crippen molar-refractivity contribution in [3.8, 4) is 5.75 Å². The highest BCUT2D eigenvalue weighted by Crippen LogP contribution is 2.22. The lowest BCUT2D eigenvalue weighted by atomic mass is 10.1. The molecule has 4 rings (SSSR count). The standard InChI is InChI=1S/C28H29FN4O4/c1-37-24-7-3-4-19(15-24)16-25(34)32-12-13-33(28(36)22-8-10-23(29)11-9-22)27(32)26(35)31-18-21-6-2-5-20(14-21)17-30/h2-11,14-15,27H,12-13,16-18,30H2,1H3,(H,31,35). The van der Waals surface area contributed by atoms with Crippen LogP contribution in [0.3, 0.4) is 0 Å². The Hall–Kier alpha value is -4.24. The molecule has 0 aliphatic carbocycles. The van der Waals surface area contributed by atoms with Crippen molar-refractivity contribution in [2.24, 2.45) is 5.73 Å². The van der Waals surface area contributed by atoms with E-state index in [4.69, 9.17) is 10.5 Å². The molecule has 1 fully saturated rings. The van der Waals surface area contributed by atoms with Gasteiger partial charge in [0, 0.05) is 31.7 Å².